The van der Waals surface area contributed by atoms with Crippen LogP contribution in [-0.2, 0) is 14.8 Å². The number of carbonyl (C=O) groups excluding carboxylic acids is 1. The van der Waals surface area contributed by atoms with Gasteiger partial charge >= 0.3 is 0 Å². The van der Waals surface area contributed by atoms with Crippen LogP contribution in [0.3, 0.4) is 0 Å². The maximum absolute atomic E-state index is 13.2. The smallest absolute Gasteiger partial charge is 0.264 e. The van der Waals surface area contributed by atoms with E-state index < -0.39 is 10.0 Å². The Morgan fingerprint density at radius 1 is 1.13 bits per heavy atom. The van der Waals surface area contributed by atoms with Gasteiger partial charge in [-0.2, -0.15) is 5.10 Å². The zero-order valence-electron chi connectivity index (χ0n) is 16.9. The molecule has 154 valence electrons. The molecule has 1 aromatic heterocycles. The van der Waals surface area contributed by atoms with Crippen molar-refractivity contribution in [2.24, 2.45) is 0 Å². The molecular weight excluding hydrogens is 398 g/mol. The molecule has 0 N–H and O–H groups in total. The molecule has 0 aliphatic heterocycles. The van der Waals surface area contributed by atoms with Crippen LogP contribution in [0.1, 0.15) is 18.1 Å². The van der Waals surface area contributed by atoms with Gasteiger partial charge in [-0.3, -0.25) is 9.10 Å². The zero-order chi connectivity index (χ0) is 21.7. The molecular formula is C23H23N3O3S. The highest BCUT2D eigenvalue weighted by Crippen LogP contribution is 2.25. The molecule has 0 radical (unpaired) electrons. The van der Waals surface area contributed by atoms with Crippen molar-refractivity contribution in [3.05, 3.63) is 90.8 Å². The summed E-state index contributed by atoms with van der Waals surface area (Å²) in [5, 5.41) is 4.11. The summed E-state index contributed by atoms with van der Waals surface area (Å²) >= 11 is 0. The number of sulfonamides is 1. The number of anilines is 1. The zero-order valence-corrected chi connectivity index (χ0v) is 17.7. The van der Waals surface area contributed by atoms with Crippen LogP contribution in [0.5, 0.6) is 0 Å². The van der Waals surface area contributed by atoms with Gasteiger partial charge in [0, 0.05) is 19.3 Å². The van der Waals surface area contributed by atoms with E-state index >= 15 is 0 Å². The molecule has 3 rings (SSSR count). The minimum atomic E-state index is -3.74. The molecule has 0 atom stereocenters. The Labute approximate surface area is 176 Å². The maximum atomic E-state index is 13.2. The average molecular weight is 422 g/mol. The minimum absolute atomic E-state index is 0.127. The average Bonchev–Trinajstić information content (AvgIpc) is 3.25. The van der Waals surface area contributed by atoms with Gasteiger partial charge in [0.15, 0.2) is 5.78 Å². The van der Waals surface area contributed by atoms with Gasteiger partial charge in [0.25, 0.3) is 10.0 Å². The predicted octanol–water partition coefficient (Wildman–Crippen LogP) is 4.16. The Hall–Kier alpha value is -3.45. The molecule has 7 heteroatoms. The first-order valence-electron chi connectivity index (χ1n) is 9.36. The first-order valence-corrected chi connectivity index (χ1v) is 10.8. The highest BCUT2D eigenvalue weighted by atomic mass is 32.2. The molecule has 0 aliphatic carbocycles. The molecule has 30 heavy (non-hydrogen) atoms. The van der Waals surface area contributed by atoms with E-state index in [4.69, 9.17) is 0 Å². The van der Waals surface area contributed by atoms with Crippen molar-refractivity contribution in [1.82, 2.24) is 9.78 Å². The van der Waals surface area contributed by atoms with Crippen LogP contribution < -0.4 is 4.31 Å². The van der Waals surface area contributed by atoms with Crippen LogP contribution in [0.15, 0.2) is 84.5 Å². The van der Waals surface area contributed by atoms with Crippen molar-refractivity contribution in [2.75, 3.05) is 10.8 Å². The first-order chi connectivity index (χ1) is 14.3. The fraction of sp³-hybridized carbons (Fsp3) is 0.130. The summed E-state index contributed by atoms with van der Waals surface area (Å²) < 4.78 is 29.1. The Morgan fingerprint density at radius 3 is 2.33 bits per heavy atom. The summed E-state index contributed by atoms with van der Waals surface area (Å²) in [6, 6.07) is 15.4. The van der Waals surface area contributed by atoms with Crippen LogP contribution in [0.4, 0.5) is 5.69 Å². The van der Waals surface area contributed by atoms with Gasteiger partial charge < -0.3 is 0 Å². The quantitative estimate of drug-likeness (QED) is 0.404. The van der Waals surface area contributed by atoms with Gasteiger partial charge in [-0.1, -0.05) is 35.9 Å². The summed E-state index contributed by atoms with van der Waals surface area (Å²) in [7, 11) is -3.74. The number of nitrogens with zero attached hydrogens (tertiary/aromatic N) is 3. The van der Waals surface area contributed by atoms with Crippen molar-refractivity contribution in [1.29, 1.82) is 0 Å². The fourth-order valence-electron chi connectivity index (χ4n) is 2.93. The summed E-state index contributed by atoms with van der Waals surface area (Å²) in [5.74, 6) is -0.127. The van der Waals surface area contributed by atoms with Gasteiger partial charge in [-0.25, -0.2) is 13.1 Å². The second kappa shape index (κ2) is 8.92. The Balaban J connectivity index is 1.96. The third-order valence-corrected chi connectivity index (χ3v) is 6.31. The topological polar surface area (TPSA) is 72.3 Å². The number of hydrogen-bond donors (Lipinski definition) is 0. The van der Waals surface area contributed by atoms with Crippen LogP contribution in [-0.4, -0.2) is 30.5 Å². The van der Waals surface area contributed by atoms with E-state index in [-0.39, 0.29) is 17.2 Å². The monoisotopic (exact) mass is 421 g/mol. The molecule has 0 spiro atoms. The lowest BCUT2D eigenvalue weighted by molar-refractivity contribution is -0.112. The maximum Gasteiger partial charge on any atom is 0.264 e. The lowest BCUT2D eigenvalue weighted by Crippen LogP contribution is -2.31. The number of rotatable bonds is 8. The summed E-state index contributed by atoms with van der Waals surface area (Å²) in [6.07, 6.45) is 6.56. The van der Waals surface area contributed by atoms with Crippen molar-refractivity contribution in [2.45, 2.75) is 18.7 Å². The summed E-state index contributed by atoms with van der Waals surface area (Å²) in [5.41, 5.74) is 2.67. The molecule has 0 saturated heterocycles. The summed E-state index contributed by atoms with van der Waals surface area (Å²) in [4.78, 5) is 12.2. The Morgan fingerprint density at radius 2 is 1.80 bits per heavy atom. The number of aryl methyl sites for hydroxylation is 1. The highest BCUT2D eigenvalue weighted by Gasteiger charge is 2.23. The van der Waals surface area contributed by atoms with E-state index in [1.54, 1.807) is 79.1 Å². The highest BCUT2D eigenvalue weighted by molar-refractivity contribution is 7.92. The third-order valence-electron chi connectivity index (χ3n) is 4.50. The van der Waals surface area contributed by atoms with E-state index in [1.165, 1.54) is 15.9 Å². The van der Waals surface area contributed by atoms with E-state index in [9.17, 15) is 13.2 Å². The molecule has 0 unspecified atom stereocenters. The molecule has 1 heterocycles. The molecule has 0 saturated carbocycles. The van der Waals surface area contributed by atoms with Crippen molar-refractivity contribution >= 4 is 33.3 Å². The largest absolute Gasteiger partial charge is 0.293 e. The van der Waals surface area contributed by atoms with Crippen LogP contribution in [0.25, 0.3) is 11.8 Å². The van der Waals surface area contributed by atoms with E-state index in [2.05, 4.69) is 11.7 Å². The van der Waals surface area contributed by atoms with Crippen LogP contribution >= 0.6 is 0 Å². The minimum Gasteiger partial charge on any atom is -0.293 e. The van der Waals surface area contributed by atoms with Gasteiger partial charge in [-0.05, 0) is 48.9 Å². The Kier molecular flexibility index (Phi) is 6.32. The Bertz CT molecular complexity index is 1160. The van der Waals surface area contributed by atoms with Crippen LogP contribution in [0, 0.1) is 6.92 Å². The van der Waals surface area contributed by atoms with Gasteiger partial charge in [0.05, 0.1) is 17.1 Å². The van der Waals surface area contributed by atoms with Gasteiger partial charge in [0.2, 0.25) is 0 Å². The second-order valence-corrected chi connectivity index (χ2v) is 8.63. The first kappa shape index (κ1) is 21.3. The molecule has 0 amide bonds. The van der Waals surface area contributed by atoms with Crippen molar-refractivity contribution in [3.63, 3.8) is 0 Å². The van der Waals surface area contributed by atoms with Gasteiger partial charge in [-0.15, -0.1) is 6.58 Å². The van der Waals surface area contributed by atoms with E-state index in [0.29, 0.717) is 11.4 Å². The van der Waals surface area contributed by atoms with E-state index in [1.807, 2.05) is 6.92 Å². The van der Waals surface area contributed by atoms with E-state index in [0.717, 1.165) is 11.1 Å². The lowest BCUT2D eigenvalue weighted by atomic mass is 10.1. The molecule has 2 aromatic carbocycles. The third kappa shape index (κ3) is 4.58. The second-order valence-electron chi connectivity index (χ2n) is 6.77. The number of hydrogen-bond acceptors (Lipinski definition) is 4. The lowest BCUT2D eigenvalue weighted by Gasteiger charge is -2.23. The predicted molar refractivity (Wildman–Crippen MR) is 119 cm³/mol. The molecule has 0 fully saturated rings. The van der Waals surface area contributed by atoms with Crippen molar-refractivity contribution in [3.8, 4) is 0 Å². The normalized spacial score (nSPS) is 11.9. The molecule has 3 aromatic rings. The van der Waals surface area contributed by atoms with Crippen molar-refractivity contribution < 1.29 is 13.2 Å². The number of benzene rings is 2. The standard InChI is InChI=1S/C23H23N3O3S/c1-4-15-26(30(28,29)22-12-6-18(2)7-13-22)21-10-8-20(9-11-21)17-23(19(3)27)25-16-5-14-24-25/h4-14,16-17H,1,15H2,2-3H3/b23-17-. The van der Waals surface area contributed by atoms with Gasteiger partial charge in [0.1, 0.15) is 5.70 Å². The SMILES string of the molecule is C=CCN(c1ccc(/C=C(/C(C)=O)n2cccn2)cc1)S(=O)(=O)c1ccc(C)cc1. The van der Waals surface area contributed by atoms with Crippen LogP contribution in [0.2, 0.25) is 0 Å². The number of allylic oxidation sites excluding steroid dienone is 1. The number of aromatic nitrogens is 2. The molecule has 0 bridgehead atoms. The number of ketones is 1. The summed E-state index contributed by atoms with van der Waals surface area (Å²) in [6.45, 7) is 7.21. The number of carbonyl (C=O) groups is 1. The fourth-order valence-corrected chi connectivity index (χ4v) is 4.37. The molecule has 6 nitrogen and oxygen atoms in total. The molecule has 0 aliphatic rings. The number of Topliss-reactive ketones (excluding diaryl/α,β-unsaturated/α-hetero) is 1.